The van der Waals surface area contributed by atoms with Gasteiger partial charge in [0, 0.05) is 19.2 Å². The summed E-state index contributed by atoms with van der Waals surface area (Å²) >= 11 is 3.41. The second-order valence-electron chi connectivity index (χ2n) is 2.57. The number of nitrogens with one attached hydrogen (secondary N) is 1. The number of likely N-dealkylation sites (N-methyl/N-ethyl adjacent to an activating group) is 1. The van der Waals surface area contributed by atoms with Gasteiger partial charge < -0.3 is 5.32 Å². The highest BCUT2D eigenvalue weighted by atomic mass is 79.9. The summed E-state index contributed by atoms with van der Waals surface area (Å²) in [6.07, 6.45) is 2.73. The molecule has 0 atom stereocenters. The molecular formula is C8H12BrN3. The number of aromatic nitrogens is 2. The maximum absolute atomic E-state index is 4.31. The summed E-state index contributed by atoms with van der Waals surface area (Å²) in [4.78, 5) is 8.38. The minimum absolute atomic E-state index is 0.823. The summed E-state index contributed by atoms with van der Waals surface area (Å²) < 4.78 is 0.989. The molecule has 1 N–H and O–H groups in total. The smallest absolute Gasteiger partial charge is 0.125 e. The molecule has 0 aliphatic rings. The van der Waals surface area contributed by atoms with E-state index in [0.717, 1.165) is 29.0 Å². The van der Waals surface area contributed by atoms with Crippen LogP contribution in [0.3, 0.4) is 0 Å². The first-order chi connectivity index (χ1) is 5.74. The van der Waals surface area contributed by atoms with Gasteiger partial charge in [-0.25, -0.2) is 9.97 Å². The largest absolute Gasteiger partial charge is 0.319 e. The van der Waals surface area contributed by atoms with Crippen molar-refractivity contribution in [3.8, 4) is 0 Å². The summed E-state index contributed by atoms with van der Waals surface area (Å²) in [5.41, 5.74) is 1.07. The number of aryl methyl sites for hydroxylation is 1. The van der Waals surface area contributed by atoms with Crippen LogP contribution in [0.4, 0.5) is 0 Å². The maximum atomic E-state index is 4.31. The van der Waals surface area contributed by atoms with Crippen molar-refractivity contribution in [2.75, 3.05) is 13.6 Å². The van der Waals surface area contributed by atoms with E-state index < -0.39 is 0 Å². The monoisotopic (exact) mass is 229 g/mol. The quantitative estimate of drug-likeness (QED) is 0.850. The SMILES string of the molecule is CNCCc1nc(C)ncc1Br. The van der Waals surface area contributed by atoms with Gasteiger partial charge in [-0.2, -0.15) is 0 Å². The van der Waals surface area contributed by atoms with Gasteiger partial charge in [0.15, 0.2) is 0 Å². The van der Waals surface area contributed by atoms with E-state index in [1.54, 1.807) is 6.20 Å². The Bertz CT molecular complexity index is 262. The van der Waals surface area contributed by atoms with Crippen LogP contribution < -0.4 is 5.32 Å². The van der Waals surface area contributed by atoms with Gasteiger partial charge >= 0.3 is 0 Å². The van der Waals surface area contributed by atoms with Crippen LogP contribution >= 0.6 is 15.9 Å². The Balaban J connectivity index is 2.75. The highest BCUT2D eigenvalue weighted by Gasteiger charge is 2.01. The van der Waals surface area contributed by atoms with Crippen LogP contribution in [-0.2, 0) is 6.42 Å². The second kappa shape index (κ2) is 4.52. The average Bonchev–Trinajstić information content (AvgIpc) is 2.07. The van der Waals surface area contributed by atoms with Crippen LogP contribution in [0.2, 0.25) is 0 Å². The lowest BCUT2D eigenvalue weighted by Crippen LogP contribution is -2.12. The number of nitrogens with zero attached hydrogens (tertiary/aromatic N) is 2. The Morgan fingerprint density at radius 2 is 2.33 bits per heavy atom. The molecule has 0 radical (unpaired) electrons. The third kappa shape index (κ3) is 2.53. The molecule has 0 saturated carbocycles. The number of hydrogen-bond acceptors (Lipinski definition) is 3. The highest BCUT2D eigenvalue weighted by Crippen LogP contribution is 2.12. The van der Waals surface area contributed by atoms with E-state index in [1.807, 2.05) is 14.0 Å². The molecule has 0 saturated heterocycles. The Morgan fingerprint density at radius 3 is 3.00 bits per heavy atom. The molecule has 1 rings (SSSR count). The third-order valence-corrected chi connectivity index (χ3v) is 2.21. The van der Waals surface area contributed by atoms with Crippen molar-refractivity contribution >= 4 is 15.9 Å². The molecule has 12 heavy (non-hydrogen) atoms. The molecule has 0 aliphatic carbocycles. The molecule has 0 fully saturated rings. The molecule has 66 valence electrons. The van der Waals surface area contributed by atoms with Gasteiger partial charge in [-0.15, -0.1) is 0 Å². The normalized spacial score (nSPS) is 10.2. The van der Waals surface area contributed by atoms with Crippen LogP contribution in [0.15, 0.2) is 10.7 Å². The zero-order valence-electron chi connectivity index (χ0n) is 7.26. The van der Waals surface area contributed by atoms with E-state index in [2.05, 4.69) is 31.2 Å². The van der Waals surface area contributed by atoms with Gasteiger partial charge in [0.25, 0.3) is 0 Å². The second-order valence-corrected chi connectivity index (χ2v) is 3.42. The summed E-state index contributed by atoms with van der Waals surface area (Å²) in [7, 11) is 1.93. The van der Waals surface area contributed by atoms with Crippen LogP contribution in [0.1, 0.15) is 11.5 Å². The minimum Gasteiger partial charge on any atom is -0.319 e. The standard InChI is InChI=1S/C8H12BrN3/c1-6-11-5-7(9)8(12-6)3-4-10-2/h5,10H,3-4H2,1-2H3. The van der Waals surface area contributed by atoms with Gasteiger partial charge in [0.2, 0.25) is 0 Å². The summed E-state index contributed by atoms with van der Waals surface area (Å²) in [6.45, 7) is 2.84. The third-order valence-electron chi connectivity index (χ3n) is 1.55. The molecule has 0 amide bonds. The average molecular weight is 230 g/mol. The van der Waals surface area contributed by atoms with Crippen molar-refractivity contribution in [2.24, 2.45) is 0 Å². The fourth-order valence-corrected chi connectivity index (χ4v) is 1.31. The van der Waals surface area contributed by atoms with Crippen LogP contribution in [0.25, 0.3) is 0 Å². The first-order valence-corrected chi connectivity index (χ1v) is 4.66. The molecule has 0 bridgehead atoms. The molecule has 0 aliphatic heterocycles. The van der Waals surface area contributed by atoms with Crippen LogP contribution in [0, 0.1) is 6.92 Å². The molecule has 1 aromatic heterocycles. The van der Waals surface area contributed by atoms with Crippen molar-refractivity contribution in [2.45, 2.75) is 13.3 Å². The van der Waals surface area contributed by atoms with E-state index >= 15 is 0 Å². The maximum Gasteiger partial charge on any atom is 0.125 e. The minimum atomic E-state index is 0.823. The van der Waals surface area contributed by atoms with Gasteiger partial charge in [-0.3, -0.25) is 0 Å². The molecule has 3 nitrogen and oxygen atoms in total. The first kappa shape index (κ1) is 9.61. The molecular weight excluding hydrogens is 218 g/mol. The lowest BCUT2D eigenvalue weighted by Gasteiger charge is -2.02. The van der Waals surface area contributed by atoms with Gasteiger partial charge in [-0.05, 0) is 29.9 Å². The zero-order valence-corrected chi connectivity index (χ0v) is 8.85. The predicted octanol–water partition coefficient (Wildman–Crippen LogP) is 1.31. The summed E-state index contributed by atoms with van der Waals surface area (Å²) in [6, 6.07) is 0. The lowest BCUT2D eigenvalue weighted by molar-refractivity contribution is 0.765. The van der Waals surface area contributed by atoms with E-state index in [9.17, 15) is 0 Å². The lowest BCUT2D eigenvalue weighted by atomic mass is 10.3. The Labute approximate surface area is 80.7 Å². The molecule has 0 aromatic carbocycles. The van der Waals surface area contributed by atoms with Gasteiger partial charge in [0.1, 0.15) is 5.82 Å². The Kier molecular flexibility index (Phi) is 3.62. The summed E-state index contributed by atoms with van der Waals surface area (Å²) in [5, 5.41) is 3.08. The fraction of sp³-hybridized carbons (Fsp3) is 0.500. The number of hydrogen-bond donors (Lipinski definition) is 1. The highest BCUT2D eigenvalue weighted by molar-refractivity contribution is 9.10. The van der Waals surface area contributed by atoms with Crippen molar-refractivity contribution in [3.05, 3.63) is 22.2 Å². The Hall–Kier alpha value is -0.480. The van der Waals surface area contributed by atoms with Crippen molar-refractivity contribution in [1.82, 2.24) is 15.3 Å². The predicted molar refractivity (Wildman–Crippen MR) is 52.1 cm³/mol. The van der Waals surface area contributed by atoms with Crippen molar-refractivity contribution in [3.63, 3.8) is 0 Å². The van der Waals surface area contributed by atoms with Crippen molar-refractivity contribution < 1.29 is 0 Å². The first-order valence-electron chi connectivity index (χ1n) is 3.86. The number of rotatable bonds is 3. The Morgan fingerprint density at radius 1 is 1.58 bits per heavy atom. The molecule has 1 heterocycles. The van der Waals surface area contributed by atoms with Gasteiger partial charge in [-0.1, -0.05) is 0 Å². The number of halogens is 1. The van der Waals surface area contributed by atoms with Gasteiger partial charge in [0.05, 0.1) is 10.2 Å². The molecule has 0 spiro atoms. The zero-order chi connectivity index (χ0) is 8.97. The van der Waals surface area contributed by atoms with E-state index in [4.69, 9.17) is 0 Å². The molecule has 4 heteroatoms. The topological polar surface area (TPSA) is 37.8 Å². The van der Waals surface area contributed by atoms with E-state index in [0.29, 0.717) is 0 Å². The van der Waals surface area contributed by atoms with Crippen molar-refractivity contribution in [1.29, 1.82) is 0 Å². The molecule has 1 aromatic rings. The van der Waals surface area contributed by atoms with Crippen LogP contribution in [0.5, 0.6) is 0 Å². The van der Waals surface area contributed by atoms with E-state index in [-0.39, 0.29) is 0 Å². The fourth-order valence-electron chi connectivity index (χ4n) is 0.921. The molecule has 0 unspecified atom stereocenters. The summed E-state index contributed by atoms with van der Waals surface area (Å²) in [5.74, 6) is 0.823. The van der Waals surface area contributed by atoms with Crippen LogP contribution in [-0.4, -0.2) is 23.6 Å². The van der Waals surface area contributed by atoms with E-state index in [1.165, 1.54) is 0 Å².